The first kappa shape index (κ1) is 12.8. The average Bonchev–Trinajstić information content (AvgIpc) is 2.95. The van der Waals surface area contributed by atoms with E-state index >= 15 is 0 Å². The van der Waals surface area contributed by atoms with Gasteiger partial charge in [0.25, 0.3) is 0 Å². The molecule has 20 heavy (non-hydrogen) atoms. The molecule has 0 radical (unpaired) electrons. The van der Waals surface area contributed by atoms with Crippen molar-refractivity contribution in [3.63, 3.8) is 0 Å². The maximum absolute atomic E-state index is 5.59. The predicted molar refractivity (Wildman–Crippen MR) is 77.5 cm³/mol. The van der Waals surface area contributed by atoms with Crippen molar-refractivity contribution in [3.05, 3.63) is 36.2 Å². The molecule has 1 aromatic heterocycles. The molecule has 0 aliphatic carbocycles. The van der Waals surface area contributed by atoms with Gasteiger partial charge in [0.15, 0.2) is 11.5 Å². The van der Waals surface area contributed by atoms with Gasteiger partial charge < -0.3 is 19.4 Å². The van der Waals surface area contributed by atoms with Gasteiger partial charge in [-0.25, -0.2) is 4.98 Å². The van der Waals surface area contributed by atoms with Crippen molar-refractivity contribution in [3.8, 4) is 11.5 Å². The molecular weight excluding hydrogens is 254 g/mol. The van der Waals surface area contributed by atoms with Gasteiger partial charge in [-0.2, -0.15) is 0 Å². The van der Waals surface area contributed by atoms with Crippen molar-refractivity contribution >= 4 is 5.95 Å². The van der Waals surface area contributed by atoms with Crippen molar-refractivity contribution in [2.45, 2.75) is 19.9 Å². The normalized spacial score (nSPS) is 13.2. The molecule has 0 amide bonds. The van der Waals surface area contributed by atoms with E-state index in [9.17, 15) is 0 Å². The molecule has 1 N–H and O–H groups in total. The second-order valence-electron chi connectivity index (χ2n) is 4.69. The number of nitrogens with zero attached hydrogens (tertiary/aromatic N) is 2. The van der Waals surface area contributed by atoms with E-state index in [-0.39, 0.29) is 0 Å². The quantitative estimate of drug-likeness (QED) is 0.908. The summed E-state index contributed by atoms with van der Waals surface area (Å²) in [5.74, 6) is 2.61. The Kier molecular flexibility index (Phi) is 3.76. The lowest BCUT2D eigenvalue weighted by Crippen LogP contribution is -2.15. The summed E-state index contributed by atoms with van der Waals surface area (Å²) in [4.78, 5) is 4.30. The Morgan fingerprint density at radius 3 is 2.95 bits per heavy atom. The fraction of sp³-hybridized carbons (Fsp3) is 0.400. The van der Waals surface area contributed by atoms with Crippen LogP contribution in [0.2, 0.25) is 0 Å². The van der Waals surface area contributed by atoms with Gasteiger partial charge in [-0.1, -0.05) is 6.07 Å². The number of imidazole rings is 1. The van der Waals surface area contributed by atoms with Crippen molar-refractivity contribution in [2.75, 3.05) is 25.1 Å². The molecule has 1 aromatic carbocycles. The fourth-order valence-electron chi connectivity index (χ4n) is 2.29. The number of nitrogens with one attached hydrogen (secondary N) is 1. The number of aromatic nitrogens is 2. The Morgan fingerprint density at radius 1 is 1.25 bits per heavy atom. The standard InChI is InChI=1S/C15H19N3O2/c1-2-18-8-7-17-15(18)16-6-5-12-3-4-13-14(11-12)20-10-9-19-13/h3-4,7-8,11H,2,5-6,9-10H2,1H3,(H,16,17). The lowest BCUT2D eigenvalue weighted by molar-refractivity contribution is 0.171. The Hall–Kier alpha value is -2.17. The maximum Gasteiger partial charge on any atom is 0.202 e. The Morgan fingerprint density at radius 2 is 2.10 bits per heavy atom. The summed E-state index contributed by atoms with van der Waals surface area (Å²) in [6, 6.07) is 6.13. The molecule has 0 atom stereocenters. The highest BCUT2D eigenvalue weighted by molar-refractivity contribution is 5.44. The summed E-state index contributed by atoms with van der Waals surface area (Å²) >= 11 is 0. The minimum absolute atomic E-state index is 0.628. The van der Waals surface area contributed by atoms with E-state index in [2.05, 4.69) is 33.9 Å². The lowest BCUT2D eigenvalue weighted by Gasteiger charge is -2.19. The third-order valence-electron chi connectivity index (χ3n) is 3.36. The molecule has 2 heterocycles. The van der Waals surface area contributed by atoms with Gasteiger partial charge in [0, 0.05) is 25.5 Å². The second kappa shape index (κ2) is 5.86. The van der Waals surface area contributed by atoms with Crippen LogP contribution in [0.4, 0.5) is 5.95 Å². The Labute approximate surface area is 118 Å². The Bertz CT molecular complexity index is 580. The molecule has 5 heteroatoms. The maximum atomic E-state index is 5.59. The minimum atomic E-state index is 0.628. The molecule has 2 aromatic rings. The number of aryl methyl sites for hydroxylation is 1. The molecule has 0 fully saturated rings. The van der Waals surface area contributed by atoms with Crippen LogP contribution in [0.1, 0.15) is 12.5 Å². The van der Waals surface area contributed by atoms with E-state index in [0.717, 1.165) is 37.0 Å². The molecule has 1 aliphatic rings. The molecule has 0 saturated heterocycles. The summed E-state index contributed by atoms with van der Waals surface area (Å²) < 4.78 is 13.2. The molecule has 5 nitrogen and oxygen atoms in total. The van der Waals surface area contributed by atoms with E-state index in [1.165, 1.54) is 5.56 Å². The third kappa shape index (κ3) is 2.71. The molecule has 0 saturated carbocycles. The van der Waals surface area contributed by atoms with Crippen LogP contribution in [0.25, 0.3) is 0 Å². The molecule has 0 spiro atoms. The summed E-state index contributed by atoms with van der Waals surface area (Å²) in [6.07, 6.45) is 4.72. The van der Waals surface area contributed by atoms with Gasteiger partial charge in [-0.15, -0.1) is 0 Å². The monoisotopic (exact) mass is 273 g/mol. The summed E-state index contributed by atoms with van der Waals surface area (Å²) in [5.41, 5.74) is 1.23. The third-order valence-corrected chi connectivity index (χ3v) is 3.36. The molecular formula is C15H19N3O2. The van der Waals surface area contributed by atoms with Crippen LogP contribution >= 0.6 is 0 Å². The summed E-state index contributed by atoms with van der Waals surface area (Å²) in [5, 5.41) is 3.35. The fourth-order valence-corrected chi connectivity index (χ4v) is 2.29. The molecule has 0 unspecified atom stereocenters. The van der Waals surface area contributed by atoms with E-state index in [0.29, 0.717) is 13.2 Å². The van der Waals surface area contributed by atoms with Crippen molar-refractivity contribution in [1.29, 1.82) is 0 Å². The number of rotatable bonds is 5. The smallest absolute Gasteiger partial charge is 0.202 e. The van der Waals surface area contributed by atoms with Crippen LogP contribution in [-0.2, 0) is 13.0 Å². The molecule has 3 rings (SSSR count). The van der Waals surface area contributed by atoms with Crippen LogP contribution in [-0.4, -0.2) is 29.3 Å². The topological polar surface area (TPSA) is 48.3 Å². The number of fused-ring (bicyclic) bond motifs is 1. The number of anilines is 1. The minimum Gasteiger partial charge on any atom is -0.486 e. The van der Waals surface area contributed by atoms with Gasteiger partial charge in [-0.3, -0.25) is 0 Å². The van der Waals surface area contributed by atoms with Crippen LogP contribution in [0.15, 0.2) is 30.6 Å². The Balaban J connectivity index is 1.58. The van der Waals surface area contributed by atoms with Crippen LogP contribution in [0.5, 0.6) is 11.5 Å². The van der Waals surface area contributed by atoms with Crippen molar-refractivity contribution in [1.82, 2.24) is 9.55 Å². The van der Waals surface area contributed by atoms with Gasteiger partial charge in [0.2, 0.25) is 5.95 Å². The largest absolute Gasteiger partial charge is 0.486 e. The molecule has 106 valence electrons. The van der Waals surface area contributed by atoms with Gasteiger partial charge in [-0.05, 0) is 31.0 Å². The average molecular weight is 273 g/mol. The van der Waals surface area contributed by atoms with Crippen LogP contribution in [0.3, 0.4) is 0 Å². The summed E-state index contributed by atoms with van der Waals surface area (Å²) in [7, 11) is 0. The van der Waals surface area contributed by atoms with E-state index < -0.39 is 0 Å². The van der Waals surface area contributed by atoms with Gasteiger partial charge >= 0.3 is 0 Å². The molecule has 1 aliphatic heterocycles. The number of benzene rings is 1. The lowest BCUT2D eigenvalue weighted by atomic mass is 10.1. The zero-order valence-corrected chi connectivity index (χ0v) is 11.6. The van der Waals surface area contributed by atoms with Gasteiger partial charge in [0.1, 0.15) is 13.2 Å². The zero-order chi connectivity index (χ0) is 13.8. The van der Waals surface area contributed by atoms with Crippen molar-refractivity contribution < 1.29 is 9.47 Å². The van der Waals surface area contributed by atoms with E-state index in [1.54, 1.807) is 0 Å². The molecule has 0 bridgehead atoms. The highest BCUT2D eigenvalue weighted by Crippen LogP contribution is 2.30. The number of hydrogen-bond acceptors (Lipinski definition) is 4. The first-order valence-electron chi connectivity index (χ1n) is 7.00. The predicted octanol–water partition coefficient (Wildman–Crippen LogP) is 2.33. The van der Waals surface area contributed by atoms with E-state index in [4.69, 9.17) is 9.47 Å². The highest BCUT2D eigenvalue weighted by atomic mass is 16.6. The highest BCUT2D eigenvalue weighted by Gasteiger charge is 2.11. The number of ether oxygens (including phenoxy) is 2. The number of hydrogen-bond donors (Lipinski definition) is 1. The van der Waals surface area contributed by atoms with Gasteiger partial charge in [0.05, 0.1) is 0 Å². The summed E-state index contributed by atoms with van der Waals surface area (Å²) in [6.45, 7) is 5.13. The first-order valence-corrected chi connectivity index (χ1v) is 7.00. The second-order valence-corrected chi connectivity index (χ2v) is 4.69. The first-order chi connectivity index (χ1) is 9.86. The van der Waals surface area contributed by atoms with Crippen LogP contribution < -0.4 is 14.8 Å². The van der Waals surface area contributed by atoms with Crippen molar-refractivity contribution in [2.24, 2.45) is 0 Å². The van der Waals surface area contributed by atoms with E-state index in [1.807, 2.05) is 18.5 Å². The SMILES string of the molecule is CCn1ccnc1NCCc1ccc2c(c1)OCCO2. The van der Waals surface area contributed by atoms with Crippen LogP contribution in [0, 0.1) is 0 Å². The zero-order valence-electron chi connectivity index (χ0n) is 11.6.